The third kappa shape index (κ3) is 2.83. The van der Waals surface area contributed by atoms with Crippen molar-refractivity contribution in [3.05, 3.63) is 41.2 Å². The van der Waals surface area contributed by atoms with E-state index < -0.39 is 10.0 Å². The summed E-state index contributed by atoms with van der Waals surface area (Å²) < 4.78 is 32.1. The molecule has 0 atom stereocenters. The number of hydrogen-bond acceptors (Lipinski definition) is 4. The van der Waals surface area contributed by atoms with E-state index in [1.807, 2.05) is 13.8 Å². The summed E-state index contributed by atoms with van der Waals surface area (Å²) in [6, 6.07) is 6.49. The van der Waals surface area contributed by atoms with Crippen LogP contribution in [-0.2, 0) is 16.6 Å². The summed E-state index contributed by atoms with van der Waals surface area (Å²) in [6.07, 6.45) is 0. The number of benzene rings is 1. The summed E-state index contributed by atoms with van der Waals surface area (Å²) in [6.45, 7) is 3.92. The fourth-order valence-corrected chi connectivity index (χ4v) is 2.95. The Morgan fingerprint density at radius 2 is 2.00 bits per heavy atom. The molecule has 0 saturated heterocycles. The standard InChI is InChI=1S/C13H17N3O3S/c1-9-10(2)15-16-11(9)8-14-20(17,18)13-7-5-4-6-12(13)19-3/h4-7,14H,8H2,1-3H3,(H,15,16). The number of nitrogens with zero attached hydrogens (tertiary/aromatic N) is 1. The summed E-state index contributed by atoms with van der Waals surface area (Å²) in [7, 11) is -2.20. The van der Waals surface area contributed by atoms with Gasteiger partial charge in [-0.3, -0.25) is 5.10 Å². The topological polar surface area (TPSA) is 84.1 Å². The van der Waals surface area contributed by atoms with Crippen LogP contribution in [0.15, 0.2) is 29.2 Å². The van der Waals surface area contributed by atoms with E-state index >= 15 is 0 Å². The van der Waals surface area contributed by atoms with E-state index in [1.54, 1.807) is 18.2 Å². The van der Waals surface area contributed by atoms with Crippen molar-refractivity contribution < 1.29 is 13.2 Å². The Morgan fingerprint density at radius 3 is 2.60 bits per heavy atom. The minimum absolute atomic E-state index is 0.118. The average Bonchev–Trinajstić information content (AvgIpc) is 2.76. The van der Waals surface area contributed by atoms with Crippen LogP contribution in [-0.4, -0.2) is 25.7 Å². The van der Waals surface area contributed by atoms with Crippen molar-refractivity contribution in [2.45, 2.75) is 25.3 Å². The number of sulfonamides is 1. The molecule has 0 unspecified atom stereocenters. The summed E-state index contributed by atoms with van der Waals surface area (Å²) >= 11 is 0. The zero-order valence-corrected chi connectivity index (χ0v) is 12.4. The van der Waals surface area contributed by atoms with Gasteiger partial charge >= 0.3 is 0 Å². The summed E-state index contributed by atoms with van der Waals surface area (Å²) in [5.74, 6) is 0.315. The zero-order valence-electron chi connectivity index (χ0n) is 11.6. The number of H-pyrrole nitrogens is 1. The molecule has 0 aliphatic rings. The smallest absolute Gasteiger partial charge is 0.244 e. The molecule has 0 aliphatic carbocycles. The van der Waals surface area contributed by atoms with Gasteiger partial charge in [-0.25, -0.2) is 13.1 Å². The van der Waals surface area contributed by atoms with Crippen LogP contribution >= 0.6 is 0 Å². The van der Waals surface area contributed by atoms with Crippen molar-refractivity contribution in [2.24, 2.45) is 0 Å². The molecule has 2 aromatic rings. The number of ether oxygens (including phenoxy) is 1. The van der Waals surface area contributed by atoms with Gasteiger partial charge < -0.3 is 4.74 Å². The second kappa shape index (κ2) is 5.64. The molecule has 20 heavy (non-hydrogen) atoms. The van der Waals surface area contributed by atoms with Gasteiger partial charge in [0.1, 0.15) is 10.6 Å². The Kier molecular flexibility index (Phi) is 4.10. The SMILES string of the molecule is COc1ccccc1S(=O)(=O)NCc1n[nH]c(C)c1C. The molecule has 6 nitrogen and oxygen atoms in total. The number of para-hydroxylation sites is 1. The average molecular weight is 295 g/mol. The van der Waals surface area contributed by atoms with Gasteiger partial charge in [-0.05, 0) is 31.5 Å². The summed E-state index contributed by atoms with van der Waals surface area (Å²) in [5, 5.41) is 6.90. The van der Waals surface area contributed by atoms with E-state index in [1.165, 1.54) is 13.2 Å². The molecule has 2 N–H and O–H groups in total. The highest BCUT2D eigenvalue weighted by Crippen LogP contribution is 2.22. The molecule has 1 heterocycles. The summed E-state index contributed by atoms with van der Waals surface area (Å²) in [4.78, 5) is 0.118. The molecule has 0 fully saturated rings. The fraction of sp³-hybridized carbons (Fsp3) is 0.308. The number of aromatic nitrogens is 2. The number of rotatable bonds is 5. The van der Waals surface area contributed by atoms with Crippen LogP contribution in [0.3, 0.4) is 0 Å². The first kappa shape index (κ1) is 14.5. The van der Waals surface area contributed by atoms with Gasteiger partial charge in [0.15, 0.2) is 0 Å². The van der Waals surface area contributed by atoms with Crippen LogP contribution in [0, 0.1) is 13.8 Å². The molecule has 0 amide bonds. The molecule has 1 aromatic carbocycles. The highest BCUT2D eigenvalue weighted by Gasteiger charge is 2.19. The lowest BCUT2D eigenvalue weighted by molar-refractivity contribution is 0.402. The van der Waals surface area contributed by atoms with Gasteiger partial charge in [-0.15, -0.1) is 0 Å². The van der Waals surface area contributed by atoms with Crippen LogP contribution in [0.25, 0.3) is 0 Å². The minimum atomic E-state index is -3.64. The second-order valence-electron chi connectivity index (χ2n) is 4.40. The number of aryl methyl sites for hydroxylation is 1. The van der Waals surface area contributed by atoms with Crippen molar-refractivity contribution in [3.63, 3.8) is 0 Å². The van der Waals surface area contributed by atoms with Crippen LogP contribution in [0.1, 0.15) is 17.0 Å². The maximum atomic E-state index is 12.3. The lowest BCUT2D eigenvalue weighted by atomic mass is 10.2. The Morgan fingerprint density at radius 1 is 1.30 bits per heavy atom. The third-order valence-electron chi connectivity index (χ3n) is 3.14. The number of nitrogens with one attached hydrogen (secondary N) is 2. The molecule has 108 valence electrons. The van der Waals surface area contributed by atoms with Gasteiger partial charge in [0.2, 0.25) is 10.0 Å². The van der Waals surface area contributed by atoms with Gasteiger partial charge in [-0.1, -0.05) is 12.1 Å². The predicted molar refractivity (Wildman–Crippen MR) is 75.1 cm³/mol. The lowest BCUT2D eigenvalue weighted by Gasteiger charge is -2.09. The molecule has 0 radical (unpaired) electrons. The first-order chi connectivity index (χ1) is 9.45. The monoisotopic (exact) mass is 295 g/mol. The Bertz CT molecular complexity index is 707. The largest absolute Gasteiger partial charge is 0.495 e. The minimum Gasteiger partial charge on any atom is -0.495 e. The maximum Gasteiger partial charge on any atom is 0.244 e. The van der Waals surface area contributed by atoms with Crippen LogP contribution in [0.5, 0.6) is 5.75 Å². The predicted octanol–water partition coefficient (Wildman–Crippen LogP) is 1.51. The highest BCUT2D eigenvalue weighted by atomic mass is 32.2. The molecule has 0 aliphatic heterocycles. The van der Waals surface area contributed by atoms with Gasteiger partial charge in [0.25, 0.3) is 0 Å². The van der Waals surface area contributed by atoms with Crippen LogP contribution in [0.2, 0.25) is 0 Å². The number of aromatic amines is 1. The van der Waals surface area contributed by atoms with E-state index in [4.69, 9.17) is 4.74 Å². The van der Waals surface area contributed by atoms with E-state index in [9.17, 15) is 8.42 Å². The molecule has 2 rings (SSSR count). The first-order valence-electron chi connectivity index (χ1n) is 6.09. The van der Waals surface area contributed by atoms with E-state index in [0.717, 1.165) is 11.3 Å². The molecule has 7 heteroatoms. The molecular weight excluding hydrogens is 278 g/mol. The van der Waals surface area contributed by atoms with E-state index in [0.29, 0.717) is 11.4 Å². The first-order valence-corrected chi connectivity index (χ1v) is 7.57. The maximum absolute atomic E-state index is 12.3. The van der Waals surface area contributed by atoms with Crippen LogP contribution in [0.4, 0.5) is 0 Å². The Balaban J connectivity index is 2.22. The van der Waals surface area contributed by atoms with Gasteiger partial charge in [-0.2, -0.15) is 5.10 Å². The fourth-order valence-electron chi connectivity index (χ4n) is 1.79. The quantitative estimate of drug-likeness (QED) is 0.876. The number of hydrogen-bond donors (Lipinski definition) is 2. The van der Waals surface area contributed by atoms with Gasteiger partial charge in [0, 0.05) is 5.69 Å². The van der Waals surface area contributed by atoms with E-state index in [2.05, 4.69) is 14.9 Å². The van der Waals surface area contributed by atoms with Crippen molar-refractivity contribution in [3.8, 4) is 5.75 Å². The normalized spacial score (nSPS) is 11.6. The van der Waals surface area contributed by atoms with Crippen molar-refractivity contribution in [1.29, 1.82) is 0 Å². The molecule has 0 spiro atoms. The van der Waals surface area contributed by atoms with Crippen molar-refractivity contribution in [1.82, 2.24) is 14.9 Å². The second-order valence-corrected chi connectivity index (χ2v) is 6.13. The molecule has 1 aromatic heterocycles. The van der Waals surface area contributed by atoms with Crippen LogP contribution < -0.4 is 9.46 Å². The zero-order chi connectivity index (χ0) is 14.8. The van der Waals surface area contributed by atoms with Gasteiger partial charge in [0.05, 0.1) is 19.3 Å². The third-order valence-corrected chi connectivity index (χ3v) is 4.58. The molecular formula is C13H17N3O3S. The summed E-state index contributed by atoms with van der Waals surface area (Å²) in [5.41, 5.74) is 2.56. The number of methoxy groups -OCH3 is 1. The Hall–Kier alpha value is -1.86. The Labute approximate surface area is 118 Å². The van der Waals surface area contributed by atoms with Crippen molar-refractivity contribution in [2.75, 3.05) is 7.11 Å². The highest BCUT2D eigenvalue weighted by molar-refractivity contribution is 7.89. The molecule has 0 saturated carbocycles. The van der Waals surface area contributed by atoms with Crippen molar-refractivity contribution >= 4 is 10.0 Å². The molecule has 0 bridgehead atoms. The van der Waals surface area contributed by atoms with E-state index in [-0.39, 0.29) is 11.4 Å². The lowest BCUT2D eigenvalue weighted by Crippen LogP contribution is -2.24.